The summed E-state index contributed by atoms with van der Waals surface area (Å²) >= 11 is 0. The molecule has 0 atom stereocenters. The molecule has 0 saturated carbocycles. The first kappa shape index (κ1) is 17.8. The van der Waals surface area contributed by atoms with Gasteiger partial charge in [0.05, 0.1) is 0 Å². The standard InChI is InChI=1S/C22H26FN3O/c1-15-11-20(26-10-7-17-13-19(23)6-5-18(17)14-26)12-16(2)21(15)24-22(27)25-8-3-4-9-25/h5-6,11-13H,3-4,7-10,14H2,1-2H3,(H,24,27). The SMILES string of the molecule is Cc1cc(N2CCc3cc(F)ccc3C2)cc(C)c1NC(=O)N1CCCC1. The van der Waals surface area contributed by atoms with Gasteiger partial charge in [-0.15, -0.1) is 0 Å². The minimum atomic E-state index is -0.160. The van der Waals surface area contributed by atoms with Crippen LogP contribution in [0.4, 0.5) is 20.6 Å². The third-order valence-corrected chi connectivity index (χ3v) is 5.69. The van der Waals surface area contributed by atoms with E-state index in [0.717, 1.165) is 73.5 Å². The number of aryl methyl sites for hydroxylation is 2. The van der Waals surface area contributed by atoms with Gasteiger partial charge in [0.15, 0.2) is 0 Å². The molecule has 0 bridgehead atoms. The number of nitrogens with zero attached hydrogens (tertiary/aromatic N) is 2. The van der Waals surface area contributed by atoms with E-state index >= 15 is 0 Å². The van der Waals surface area contributed by atoms with Crippen molar-refractivity contribution in [2.24, 2.45) is 0 Å². The van der Waals surface area contributed by atoms with Gasteiger partial charge in [-0.25, -0.2) is 9.18 Å². The van der Waals surface area contributed by atoms with Crippen molar-refractivity contribution in [3.8, 4) is 0 Å². The molecule has 2 aliphatic rings. The van der Waals surface area contributed by atoms with Crippen LogP contribution in [-0.2, 0) is 13.0 Å². The molecule has 0 spiro atoms. The molecular formula is C22H26FN3O. The molecule has 4 nitrogen and oxygen atoms in total. The number of urea groups is 1. The van der Waals surface area contributed by atoms with Gasteiger partial charge in [-0.3, -0.25) is 0 Å². The van der Waals surface area contributed by atoms with Crippen molar-refractivity contribution < 1.29 is 9.18 Å². The first-order chi connectivity index (χ1) is 13.0. The highest BCUT2D eigenvalue weighted by Gasteiger charge is 2.21. The second kappa shape index (κ2) is 7.22. The minimum Gasteiger partial charge on any atom is -0.367 e. The fraction of sp³-hybridized carbons (Fsp3) is 0.409. The molecule has 0 aliphatic carbocycles. The van der Waals surface area contributed by atoms with Gasteiger partial charge in [-0.05, 0) is 79.6 Å². The van der Waals surface area contributed by atoms with Gasteiger partial charge in [-0.2, -0.15) is 0 Å². The Morgan fingerprint density at radius 1 is 1.00 bits per heavy atom. The Kier molecular flexibility index (Phi) is 4.77. The van der Waals surface area contributed by atoms with Crippen molar-refractivity contribution in [3.05, 3.63) is 58.4 Å². The average molecular weight is 367 g/mol. The normalized spacial score (nSPS) is 16.4. The molecule has 2 aromatic rings. The number of carbonyl (C=O) groups excluding carboxylic acids is 1. The topological polar surface area (TPSA) is 35.6 Å². The van der Waals surface area contributed by atoms with Gasteiger partial charge in [0.25, 0.3) is 0 Å². The van der Waals surface area contributed by atoms with Gasteiger partial charge in [-0.1, -0.05) is 6.07 Å². The average Bonchev–Trinajstić information content (AvgIpc) is 3.19. The maximum atomic E-state index is 13.4. The highest BCUT2D eigenvalue weighted by molar-refractivity contribution is 5.91. The molecule has 2 heterocycles. The highest BCUT2D eigenvalue weighted by atomic mass is 19.1. The Labute approximate surface area is 160 Å². The number of anilines is 2. The number of halogens is 1. The zero-order valence-electron chi connectivity index (χ0n) is 16.0. The second-order valence-corrected chi connectivity index (χ2v) is 7.66. The van der Waals surface area contributed by atoms with Crippen molar-refractivity contribution in [2.75, 3.05) is 29.9 Å². The van der Waals surface area contributed by atoms with E-state index in [0.29, 0.717) is 0 Å². The Bertz CT molecular complexity index is 851. The summed E-state index contributed by atoms with van der Waals surface area (Å²) in [5.41, 5.74) is 6.50. The number of likely N-dealkylation sites (tertiary alicyclic amines) is 1. The van der Waals surface area contributed by atoms with Crippen molar-refractivity contribution in [2.45, 2.75) is 39.7 Å². The van der Waals surface area contributed by atoms with Gasteiger partial charge >= 0.3 is 6.03 Å². The molecule has 27 heavy (non-hydrogen) atoms. The summed E-state index contributed by atoms with van der Waals surface area (Å²) < 4.78 is 13.4. The quantitative estimate of drug-likeness (QED) is 0.840. The third kappa shape index (κ3) is 3.64. The van der Waals surface area contributed by atoms with Crippen LogP contribution in [0.5, 0.6) is 0 Å². The van der Waals surface area contributed by atoms with E-state index in [1.165, 1.54) is 11.6 Å². The van der Waals surface area contributed by atoms with Gasteiger partial charge in [0, 0.05) is 37.6 Å². The molecule has 1 fully saturated rings. The van der Waals surface area contributed by atoms with Crippen LogP contribution < -0.4 is 10.2 Å². The zero-order chi connectivity index (χ0) is 19.0. The number of hydrogen-bond donors (Lipinski definition) is 1. The van der Waals surface area contributed by atoms with Crippen LogP contribution in [0.3, 0.4) is 0 Å². The lowest BCUT2D eigenvalue weighted by molar-refractivity contribution is 0.222. The van der Waals surface area contributed by atoms with Crippen LogP contribution in [0.15, 0.2) is 30.3 Å². The Hall–Kier alpha value is -2.56. The number of benzene rings is 2. The number of nitrogens with one attached hydrogen (secondary N) is 1. The molecule has 1 N–H and O–H groups in total. The van der Waals surface area contributed by atoms with E-state index in [1.54, 1.807) is 6.07 Å². The van der Waals surface area contributed by atoms with Gasteiger partial charge in [0.1, 0.15) is 5.82 Å². The molecular weight excluding hydrogens is 341 g/mol. The fourth-order valence-electron chi connectivity index (χ4n) is 4.17. The first-order valence-electron chi connectivity index (χ1n) is 9.71. The molecule has 5 heteroatoms. The van der Waals surface area contributed by atoms with Gasteiger partial charge < -0.3 is 15.1 Å². The molecule has 2 aromatic carbocycles. The van der Waals surface area contributed by atoms with Crippen LogP contribution in [0, 0.1) is 19.7 Å². The molecule has 4 rings (SSSR count). The maximum absolute atomic E-state index is 13.4. The van der Waals surface area contributed by atoms with Crippen molar-refractivity contribution in [3.63, 3.8) is 0 Å². The summed E-state index contributed by atoms with van der Waals surface area (Å²) in [5, 5.41) is 3.10. The van der Waals surface area contributed by atoms with E-state index in [9.17, 15) is 9.18 Å². The van der Waals surface area contributed by atoms with Crippen LogP contribution in [0.1, 0.15) is 35.1 Å². The van der Waals surface area contributed by atoms with E-state index < -0.39 is 0 Å². The minimum absolute atomic E-state index is 0.000349. The smallest absolute Gasteiger partial charge is 0.321 e. The van der Waals surface area contributed by atoms with Crippen LogP contribution in [0.25, 0.3) is 0 Å². The van der Waals surface area contributed by atoms with Crippen LogP contribution in [0.2, 0.25) is 0 Å². The summed E-state index contributed by atoms with van der Waals surface area (Å²) in [6.07, 6.45) is 3.02. The Morgan fingerprint density at radius 3 is 2.41 bits per heavy atom. The largest absolute Gasteiger partial charge is 0.367 e. The van der Waals surface area contributed by atoms with Crippen molar-refractivity contribution >= 4 is 17.4 Å². The lowest BCUT2D eigenvalue weighted by Gasteiger charge is -2.32. The predicted octanol–water partition coefficient (Wildman–Crippen LogP) is 4.63. The van der Waals surface area contributed by atoms with Gasteiger partial charge in [0.2, 0.25) is 0 Å². The molecule has 0 unspecified atom stereocenters. The van der Waals surface area contributed by atoms with Crippen LogP contribution in [-0.4, -0.2) is 30.6 Å². The number of amides is 2. The maximum Gasteiger partial charge on any atom is 0.321 e. The Balaban J connectivity index is 1.53. The third-order valence-electron chi connectivity index (χ3n) is 5.69. The molecule has 1 saturated heterocycles. The van der Waals surface area contributed by atoms with Crippen molar-refractivity contribution in [1.82, 2.24) is 4.90 Å². The lowest BCUT2D eigenvalue weighted by Crippen LogP contribution is -2.33. The van der Waals surface area contributed by atoms with E-state index in [-0.39, 0.29) is 11.8 Å². The van der Waals surface area contributed by atoms with E-state index in [1.807, 2.05) is 24.8 Å². The zero-order valence-corrected chi connectivity index (χ0v) is 16.0. The highest BCUT2D eigenvalue weighted by Crippen LogP contribution is 2.31. The Morgan fingerprint density at radius 2 is 1.70 bits per heavy atom. The van der Waals surface area contributed by atoms with Crippen LogP contribution >= 0.6 is 0 Å². The number of carbonyl (C=O) groups is 1. The molecule has 0 aromatic heterocycles. The number of rotatable bonds is 2. The summed E-state index contributed by atoms with van der Waals surface area (Å²) in [4.78, 5) is 16.7. The summed E-state index contributed by atoms with van der Waals surface area (Å²) in [6, 6.07) is 9.36. The predicted molar refractivity (Wildman–Crippen MR) is 107 cm³/mol. The molecule has 2 amide bonds. The molecule has 142 valence electrons. The monoisotopic (exact) mass is 367 g/mol. The lowest BCUT2D eigenvalue weighted by atomic mass is 9.98. The second-order valence-electron chi connectivity index (χ2n) is 7.66. The fourth-order valence-corrected chi connectivity index (χ4v) is 4.17. The summed E-state index contributed by atoms with van der Waals surface area (Å²) in [7, 11) is 0. The van der Waals surface area contributed by atoms with E-state index in [4.69, 9.17) is 0 Å². The summed E-state index contributed by atoms with van der Waals surface area (Å²) in [5.74, 6) is -0.160. The summed E-state index contributed by atoms with van der Waals surface area (Å²) in [6.45, 7) is 7.43. The van der Waals surface area contributed by atoms with E-state index in [2.05, 4.69) is 22.3 Å². The molecule has 0 radical (unpaired) electrons. The number of hydrogen-bond acceptors (Lipinski definition) is 2. The van der Waals surface area contributed by atoms with Crippen molar-refractivity contribution in [1.29, 1.82) is 0 Å². The number of fused-ring (bicyclic) bond motifs is 1. The molecule has 2 aliphatic heterocycles. The first-order valence-corrected chi connectivity index (χ1v) is 9.71.